The highest BCUT2D eigenvalue weighted by Gasteiger charge is 2.18. The lowest BCUT2D eigenvalue weighted by atomic mass is 10.2. The van der Waals surface area contributed by atoms with Crippen molar-refractivity contribution in [1.82, 2.24) is 4.72 Å². The van der Waals surface area contributed by atoms with E-state index in [1.807, 2.05) is 6.07 Å². The predicted molar refractivity (Wildman–Crippen MR) is 97.3 cm³/mol. The second-order valence-corrected chi connectivity index (χ2v) is 7.43. The van der Waals surface area contributed by atoms with Crippen LogP contribution in [0.2, 0.25) is 0 Å². The molecule has 0 saturated heterocycles. The number of nitrogens with zero attached hydrogens (tertiary/aromatic N) is 1. The molecule has 1 amide bonds. The maximum Gasteiger partial charge on any atom is 0.265 e. The summed E-state index contributed by atoms with van der Waals surface area (Å²) in [6.07, 6.45) is -0.811. The van der Waals surface area contributed by atoms with Crippen molar-refractivity contribution in [3.8, 4) is 11.8 Å². The van der Waals surface area contributed by atoms with E-state index in [2.05, 4.69) is 10.0 Å². The van der Waals surface area contributed by atoms with Gasteiger partial charge >= 0.3 is 0 Å². The highest BCUT2D eigenvalue weighted by atomic mass is 32.2. The van der Waals surface area contributed by atoms with Crippen LogP contribution in [0.25, 0.3) is 0 Å². The lowest BCUT2D eigenvalue weighted by Gasteiger charge is -2.15. The molecule has 0 aliphatic rings. The molecule has 2 aromatic carbocycles. The molecule has 1 atom stereocenters. The summed E-state index contributed by atoms with van der Waals surface area (Å²) in [5.74, 6) is 0.0278. The maximum atomic E-state index is 12.3. The van der Waals surface area contributed by atoms with E-state index in [0.717, 1.165) is 0 Å². The van der Waals surface area contributed by atoms with E-state index in [-0.39, 0.29) is 4.90 Å². The zero-order valence-corrected chi connectivity index (χ0v) is 15.4. The van der Waals surface area contributed by atoms with Gasteiger partial charge in [0.2, 0.25) is 10.0 Å². The van der Waals surface area contributed by atoms with E-state index in [1.54, 1.807) is 50.2 Å². The molecule has 0 spiro atoms. The molecule has 2 aromatic rings. The lowest BCUT2D eigenvalue weighted by Crippen LogP contribution is -2.30. The molecular formula is C18H19N3O4S. The predicted octanol–water partition coefficient (Wildman–Crippen LogP) is 2.18. The fraction of sp³-hybridized carbons (Fsp3) is 0.222. The first-order valence-corrected chi connectivity index (χ1v) is 9.27. The van der Waals surface area contributed by atoms with Gasteiger partial charge in [-0.15, -0.1) is 0 Å². The van der Waals surface area contributed by atoms with E-state index in [1.165, 1.54) is 13.1 Å². The molecule has 0 heterocycles. The minimum atomic E-state index is -3.62. The van der Waals surface area contributed by atoms with Crippen molar-refractivity contribution in [3.05, 3.63) is 53.6 Å². The molecule has 0 fully saturated rings. The minimum Gasteiger partial charge on any atom is -0.481 e. The third-order valence-corrected chi connectivity index (χ3v) is 5.24. The van der Waals surface area contributed by atoms with Crippen molar-refractivity contribution in [1.29, 1.82) is 5.26 Å². The molecule has 2 rings (SSSR count). The number of nitriles is 1. The van der Waals surface area contributed by atoms with Crippen LogP contribution in [0.4, 0.5) is 5.69 Å². The summed E-state index contributed by atoms with van der Waals surface area (Å²) >= 11 is 0. The van der Waals surface area contributed by atoms with Crippen molar-refractivity contribution >= 4 is 21.6 Å². The number of amides is 1. The number of nitrogens with one attached hydrogen (secondary N) is 2. The molecule has 2 N–H and O–H groups in total. The monoisotopic (exact) mass is 373 g/mol. The number of hydrogen-bond donors (Lipinski definition) is 2. The number of anilines is 1. The van der Waals surface area contributed by atoms with Crippen molar-refractivity contribution in [2.24, 2.45) is 0 Å². The maximum absolute atomic E-state index is 12.3. The van der Waals surface area contributed by atoms with Crippen LogP contribution in [-0.2, 0) is 14.8 Å². The van der Waals surface area contributed by atoms with Gasteiger partial charge in [0.05, 0.1) is 16.5 Å². The largest absolute Gasteiger partial charge is 0.481 e. The number of rotatable bonds is 6. The molecular weight excluding hydrogens is 354 g/mol. The summed E-state index contributed by atoms with van der Waals surface area (Å²) < 4.78 is 31.8. The zero-order chi connectivity index (χ0) is 19.3. The van der Waals surface area contributed by atoms with E-state index >= 15 is 0 Å². The molecule has 0 unspecified atom stereocenters. The molecule has 0 radical (unpaired) electrons. The Kier molecular flexibility index (Phi) is 5.97. The first kappa shape index (κ1) is 19.4. The fourth-order valence-corrected chi connectivity index (χ4v) is 3.18. The van der Waals surface area contributed by atoms with Crippen molar-refractivity contribution in [2.45, 2.75) is 24.8 Å². The van der Waals surface area contributed by atoms with Crippen LogP contribution in [0.1, 0.15) is 18.1 Å². The Balaban J connectivity index is 2.11. The normalized spacial score (nSPS) is 12.1. The van der Waals surface area contributed by atoms with Crippen LogP contribution in [0.15, 0.2) is 47.4 Å². The Morgan fingerprint density at radius 1 is 1.19 bits per heavy atom. The number of carbonyl (C=O) groups excluding carboxylic acids is 1. The fourth-order valence-electron chi connectivity index (χ4n) is 2.19. The van der Waals surface area contributed by atoms with E-state index < -0.39 is 22.0 Å². The van der Waals surface area contributed by atoms with Gasteiger partial charge in [0.25, 0.3) is 5.91 Å². The van der Waals surface area contributed by atoms with Crippen LogP contribution in [0, 0.1) is 18.3 Å². The van der Waals surface area contributed by atoms with Crippen LogP contribution in [0.5, 0.6) is 5.75 Å². The SMILES string of the molecule is CNS(=O)(=O)c1cc(NC(=O)[C@@H](C)Oc2ccc(C#N)cc2)ccc1C. The summed E-state index contributed by atoms with van der Waals surface area (Å²) in [5.41, 5.74) is 1.41. The number of aryl methyl sites for hydroxylation is 1. The quantitative estimate of drug-likeness (QED) is 0.807. The standard InChI is InChI=1S/C18H19N3O4S/c1-12-4-7-15(10-17(12)26(23,24)20-3)21-18(22)13(2)25-16-8-5-14(11-19)6-9-16/h4-10,13,20H,1-3H3,(H,21,22)/t13-/m1/s1. The first-order chi connectivity index (χ1) is 12.3. The van der Waals surface area contributed by atoms with Crippen LogP contribution < -0.4 is 14.8 Å². The van der Waals surface area contributed by atoms with Crippen LogP contribution in [0.3, 0.4) is 0 Å². The van der Waals surface area contributed by atoms with Crippen molar-refractivity contribution in [2.75, 3.05) is 12.4 Å². The van der Waals surface area contributed by atoms with Gasteiger partial charge in [0, 0.05) is 5.69 Å². The topological polar surface area (TPSA) is 108 Å². The minimum absolute atomic E-state index is 0.0958. The van der Waals surface area contributed by atoms with Gasteiger partial charge in [0.1, 0.15) is 5.75 Å². The molecule has 0 aromatic heterocycles. The van der Waals surface area contributed by atoms with E-state index in [0.29, 0.717) is 22.6 Å². The molecule has 136 valence electrons. The molecule has 0 saturated carbocycles. The third-order valence-electron chi connectivity index (χ3n) is 3.68. The van der Waals surface area contributed by atoms with Crippen molar-refractivity contribution in [3.63, 3.8) is 0 Å². The van der Waals surface area contributed by atoms with Gasteiger partial charge in [-0.05, 0) is 62.9 Å². The summed E-state index contributed by atoms with van der Waals surface area (Å²) in [4.78, 5) is 12.4. The second-order valence-electron chi connectivity index (χ2n) is 5.57. The number of ether oxygens (including phenoxy) is 1. The summed E-state index contributed by atoms with van der Waals surface area (Å²) in [6, 6.07) is 13.0. The number of sulfonamides is 1. The van der Waals surface area contributed by atoms with Crippen LogP contribution in [-0.4, -0.2) is 27.5 Å². The number of carbonyl (C=O) groups is 1. The summed E-state index contributed by atoms with van der Waals surface area (Å²) in [6.45, 7) is 3.25. The van der Waals surface area contributed by atoms with E-state index in [4.69, 9.17) is 10.00 Å². The highest BCUT2D eigenvalue weighted by Crippen LogP contribution is 2.20. The van der Waals surface area contributed by atoms with Gasteiger partial charge in [-0.1, -0.05) is 6.07 Å². The number of benzene rings is 2. The Labute approximate surface area is 152 Å². The third kappa shape index (κ3) is 4.59. The highest BCUT2D eigenvalue weighted by molar-refractivity contribution is 7.89. The van der Waals surface area contributed by atoms with Gasteiger partial charge < -0.3 is 10.1 Å². The van der Waals surface area contributed by atoms with Gasteiger partial charge in [0.15, 0.2) is 6.10 Å². The first-order valence-electron chi connectivity index (χ1n) is 7.78. The van der Waals surface area contributed by atoms with E-state index in [9.17, 15) is 13.2 Å². The van der Waals surface area contributed by atoms with Gasteiger partial charge in [-0.25, -0.2) is 13.1 Å². The Morgan fingerprint density at radius 2 is 1.85 bits per heavy atom. The molecule has 0 aliphatic carbocycles. The smallest absolute Gasteiger partial charge is 0.265 e. The summed E-state index contributed by atoms with van der Waals surface area (Å²) in [5, 5.41) is 11.4. The molecule has 0 aliphatic heterocycles. The molecule has 8 heteroatoms. The molecule has 7 nitrogen and oxygen atoms in total. The average molecular weight is 373 g/mol. The van der Waals surface area contributed by atoms with Gasteiger partial charge in [-0.3, -0.25) is 4.79 Å². The second kappa shape index (κ2) is 7.99. The lowest BCUT2D eigenvalue weighted by molar-refractivity contribution is -0.122. The van der Waals surface area contributed by atoms with Crippen LogP contribution >= 0.6 is 0 Å². The molecule has 26 heavy (non-hydrogen) atoms. The number of hydrogen-bond acceptors (Lipinski definition) is 5. The zero-order valence-electron chi connectivity index (χ0n) is 14.6. The van der Waals surface area contributed by atoms with Crippen molar-refractivity contribution < 1.29 is 17.9 Å². The average Bonchev–Trinajstić information content (AvgIpc) is 2.63. The van der Waals surface area contributed by atoms with Gasteiger partial charge in [-0.2, -0.15) is 5.26 Å². The Morgan fingerprint density at radius 3 is 2.42 bits per heavy atom. The Bertz CT molecular complexity index is 947. The Hall–Kier alpha value is -2.89. The summed E-state index contributed by atoms with van der Waals surface area (Å²) in [7, 11) is -2.29. The molecule has 0 bridgehead atoms.